The Kier molecular flexibility index (Phi) is 9.48. The summed E-state index contributed by atoms with van der Waals surface area (Å²) in [6.07, 6.45) is 4.38. The van der Waals surface area contributed by atoms with Crippen LogP contribution >= 0.6 is 0 Å². The molecule has 0 aromatic rings. The van der Waals surface area contributed by atoms with Crippen molar-refractivity contribution in [3.05, 3.63) is 0 Å². The molecule has 0 aliphatic carbocycles. The average Bonchev–Trinajstić information content (AvgIpc) is 2.33. The first-order chi connectivity index (χ1) is 8.97. The molecule has 0 fully saturated rings. The summed E-state index contributed by atoms with van der Waals surface area (Å²) in [7, 11) is 0. The van der Waals surface area contributed by atoms with Crippen molar-refractivity contribution < 1.29 is 28.9 Å². The molecule has 0 aliphatic heterocycles. The number of carbonyl (C=O) groups excluding carboxylic acids is 3. The van der Waals surface area contributed by atoms with Crippen LogP contribution in [0.5, 0.6) is 0 Å². The predicted molar refractivity (Wildman–Crippen MR) is 66.8 cm³/mol. The predicted octanol–water partition coefficient (Wildman–Crippen LogP) is 2.30. The van der Waals surface area contributed by atoms with E-state index in [4.69, 9.17) is 4.74 Å². The summed E-state index contributed by atoms with van der Waals surface area (Å²) in [5, 5.41) is 0. The lowest BCUT2D eigenvalue weighted by molar-refractivity contribution is -0.263. The van der Waals surface area contributed by atoms with Gasteiger partial charge in [-0.25, -0.2) is 19.4 Å². The summed E-state index contributed by atoms with van der Waals surface area (Å²) < 4.78 is 4.85. The fraction of sp³-hybridized carbons (Fsp3) is 0.769. The molecule has 0 aliphatic rings. The molecule has 0 N–H and O–H groups in total. The third kappa shape index (κ3) is 10.1. The molecule has 0 bridgehead atoms. The molecule has 6 heteroatoms. The molecule has 0 aromatic heterocycles. The van der Waals surface area contributed by atoms with Gasteiger partial charge < -0.3 is 4.74 Å². The van der Waals surface area contributed by atoms with E-state index < -0.39 is 24.0 Å². The van der Waals surface area contributed by atoms with Gasteiger partial charge in [-0.3, -0.25) is 4.79 Å². The van der Waals surface area contributed by atoms with Gasteiger partial charge in [0.05, 0.1) is 0 Å². The summed E-state index contributed by atoms with van der Waals surface area (Å²) in [6, 6.07) is 0. The zero-order valence-electron chi connectivity index (χ0n) is 11.8. The van der Waals surface area contributed by atoms with Crippen LogP contribution in [0, 0.1) is 0 Å². The second-order valence-electron chi connectivity index (χ2n) is 4.28. The van der Waals surface area contributed by atoms with Gasteiger partial charge in [0.15, 0.2) is 0 Å². The van der Waals surface area contributed by atoms with Gasteiger partial charge in [0.2, 0.25) is 6.10 Å². The molecule has 0 rings (SSSR count). The standard InChI is InChI=1S/C13H22O6/c1-4-5-6-7-8-9-12(17-10(2)14)13(16)19-18-11(3)15/h12H,4-9H2,1-3H3. The highest BCUT2D eigenvalue weighted by Crippen LogP contribution is 2.11. The number of carbonyl (C=O) groups is 3. The molecule has 0 saturated heterocycles. The van der Waals surface area contributed by atoms with Gasteiger partial charge in [-0.15, -0.1) is 0 Å². The van der Waals surface area contributed by atoms with E-state index in [1.54, 1.807) is 0 Å². The molecule has 0 spiro atoms. The third-order valence-electron chi connectivity index (χ3n) is 2.38. The maximum atomic E-state index is 11.5. The van der Waals surface area contributed by atoms with Crippen LogP contribution in [-0.4, -0.2) is 24.0 Å². The fourth-order valence-electron chi connectivity index (χ4n) is 1.51. The second kappa shape index (κ2) is 10.3. The Bertz CT molecular complexity index is 300. The molecule has 19 heavy (non-hydrogen) atoms. The smallest absolute Gasteiger partial charge is 0.395 e. The molecule has 0 amide bonds. The Morgan fingerprint density at radius 1 is 0.895 bits per heavy atom. The van der Waals surface area contributed by atoms with Gasteiger partial charge in [-0.2, -0.15) is 0 Å². The maximum Gasteiger partial charge on any atom is 0.395 e. The van der Waals surface area contributed by atoms with Crippen molar-refractivity contribution in [3.63, 3.8) is 0 Å². The maximum absolute atomic E-state index is 11.5. The zero-order chi connectivity index (χ0) is 14.7. The molecular weight excluding hydrogens is 252 g/mol. The van der Waals surface area contributed by atoms with E-state index in [0.29, 0.717) is 6.42 Å². The Labute approximate surface area is 113 Å². The normalized spacial score (nSPS) is 11.5. The van der Waals surface area contributed by atoms with Crippen LogP contribution in [0.15, 0.2) is 0 Å². The van der Waals surface area contributed by atoms with Crippen LogP contribution in [-0.2, 0) is 28.9 Å². The lowest BCUT2D eigenvalue weighted by Gasteiger charge is -2.14. The Morgan fingerprint density at radius 2 is 1.53 bits per heavy atom. The van der Waals surface area contributed by atoms with Crippen molar-refractivity contribution in [1.29, 1.82) is 0 Å². The van der Waals surface area contributed by atoms with Gasteiger partial charge >= 0.3 is 17.9 Å². The molecule has 0 heterocycles. The lowest BCUT2D eigenvalue weighted by atomic mass is 10.1. The summed E-state index contributed by atoms with van der Waals surface area (Å²) in [6.45, 7) is 4.43. The molecule has 0 radical (unpaired) electrons. The highest BCUT2D eigenvalue weighted by molar-refractivity contribution is 5.78. The van der Waals surface area contributed by atoms with Gasteiger partial charge in [-0.1, -0.05) is 32.6 Å². The third-order valence-corrected chi connectivity index (χ3v) is 2.38. The topological polar surface area (TPSA) is 78.9 Å². The van der Waals surface area contributed by atoms with Crippen molar-refractivity contribution in [2.24, 2.45) is 0 Å². The van der Waals surface area contributed by atoms with Crippen LogP contribution in [0.25, 0.3) is 0 Å². The van der Waals surface area contributed by atoms with E-state index in [9.17, 15) is 14.4 Å². The van der Waals surface area contributed by atoms with Crippen molar-refractivity contribution in [3.8, 4) is 0 Å². The summed E-state index contributed by atoms with van der Waals surface area (Å²) in [5.74, 6) is -2.17. The molecule has 1 atom stereocenters. The number of unbranched alkanes of at least 4 members (excludes halogenated alkanes) is 4. The summed E-state index contributed by atoms with van der Waals surface area (Å²) in [5.41, 5.74) is 0. The van der Waals surface area contributed by atoms with Crippen molar-refractivity contribution in [2.45, 2.75) is 65.4 Å². The molecule has 110 valence electrons. The second-order valence-corrected chi connectivity index (χ2v) is 4.28. The largest absolute Gasteiger partial charge is 0.450 e. The minimum Gasteiger partial charge on any atom is -0.450 e. The summed E-state index contributed by atoms with van der Waals surface area (Å²) in [4.78, 5) is 41.3. The summed E-state index contributed by atoms with van der Waals surface area (Å²) >= 11 is 0. The molecular formula is C13H22O6. The molecule has 6 nitrogen and oxygen atoms in total. The number of ether oxygens (including phenoxy) is 1. The van der Waals surface area contributed by atoms with E-state index in [0.717, 1.165) is 39.0 Å². The van der Waals surface area contributed by atoms with E-state index in [1.165, 1.54) is 6.92 Å². The van der Waals surface area contributed by atoms with Crippen LogP contribution in [0.1, 0.15) is 59.3 Å². The van der Waals surface area contributed by atoms with E-state index in [2.05, 4.69) is 16.7 Å². The van der Waals surface area contributed by atoms with Crippen LogP contribution in [0.2, 0.25) is 0 Å². The van der Waals surface area contributed by atoms with Crippen molar-refractivity contribution in [1.82, 2.24) is 0 Å². The highest BCUT2D eigenvalue weighted by atomic mass is 17.2. The van der Waals surface area contributed by atoms with Crippen LogP contribution < -0.4 is 0 Å². The van der Waals surface area contributed by atoms with Crippen molar-refractivity contribution >= 4 is 17.9 Å². The van der Waals surface area contributed by atoms with Crippen LogP contribution in [0.3, 0.4) is 0 Å². The molecule has 1 unspecified atom stereocenters. The minimum absolute atomic E-state index is 0.364. The zero-order valence-corrected chi connectivity index (χ0v) is 11.8. The monoisotopic (exact) mass is 274 g/mol. The van der Waals surface area contributed by atoms with Gasteiger partial charge in [0.25, 0.3) is 0 Å². The van der Waals surface area contributed by atoms with Crippen LogP contribution in [0.4, 0.5) is 0 Å². The Morgan fingerprint density at radius 3 is 2.05 bits per heavy atom. The number of esters is 1. The lowest BCUT2D eigenvalue weighted by Crippen LogP contribution is -2.29. The minimum atomic E-state index is -1.02. The highest BCUT2D eigenvalue weighted by Gasteiger charge is 2.24. The SMILES string of the molecule is CCCCCCCC(OC(C)=O)C(=O)OOC(C)=O. The van der Waals surface area contributed by atoms with E-state index >= 15 is 0 Å². The Balaban J connectivity index is 4.10. The van der Waals surface area contributed by atoms with Gasteiger partial charge in [-0.05, 0) is 12.8 Å². The first kappa shape index (κ1) is 17.4. The van der Waals surface area contributed by atoms with E-state index in [1.807, 2.05) is 0 Å². The molecule has 0 saturated carbocycles. The quantitative estimate of drug-likeness (QED) is 0.292. The first-order valence-electron chi connectivity index (χ1n) is 6.53. The average molecular weight is 274 g/mol. The first-order valence-corrected chi connectivity index (χ1v) is 6.53. The number of rotatable bonds is 8. The number of hydrogen-bond acceptors (Lipinski definition) is 6. The van der Waals surface area contributed by atoms with Gasteiger partial charge in [0, 0.05) is 13.8 Å². The fourth-order valence-corrected chi connectivity index (χ4v) is 1.51. The van der Waals surface area contributed by atoms with E-state index in [-0.39, 0.29) is 0 Å². The Hall–Kier alpha value is -1.59. The molecule has 0 aromatic carbocycles. The van der Waals surface area contributed by atoms with Gasteiger partial charge in [0.1, 0.15) is 0 Å². The number of hydrogen-bond donors (Lipinski definition) is 0. The van der Waals surface area contributed by atoms with Crippen molar-refractivity contribution in [2.75, 3.05) is 0 Å².